The number of rotatable bonds is 5. The summed E-state index contributed by atoms with van der Waals surface area (Å²) in [6.07, 6.45) is 3.80. The van der Waals surface area contributed by atoms with Crippen LogP contribution in [0.2, 0.25) is 0 Å². The normalized spacial score (nSPS) is 12.7. The summed E-state index contributed by atoms with van der Waals surface area (Å²) in [5.74, 6) is 1.50. The van der Waals surface area contributed by atoms with E-state index in [0.717, 1.165) is 24.2 Å². The summed E-state index contributed by atoms with van der Waals surface area (Å²) in [4.78, 5) is 11.5. The zero-order valence-corrected chi connectivity index (χ0v) is 10.2. The molecule has 0 spiro atoms. The van der Waals surface area contributed by atoms with E-state index in [9.17, 15) is 4.79 Å². The van der Waals surface area contributed by atoms with Crippen molar-refractivity contribution in [2.24, 2.45) is 5.92 Å². The fraction of sp³-hybridized carbons (Fsp3) is 0.636. The molecule has 1 unspecified atom stereocenters. The molecule has 84 valence electrons. The van der Waals surface area contributed by atoms with Crippen LogP contribution in [0.1, 0.15) is 25.3 Å². The molecule has 0 radical (unpaired) electrons. The van der Waals surface area contributed by atoms with Gasteiger partial charge in [-0.15, -0.1) is 0 Å². The molecule has 0 aliphatic carbocycles. The van der Waals surface area contributed by atoms with Crippen LogP contribution in [0.3, 0.4) is 0 Å². The number of aromatic nitrogens is 2. The average molecular weight is 226 g/mol. The molecule has 1 atom stereocenters. The summed E-state index contributed by atoms with van der Waals surface area (Å²) in [5, 5.41) is 4.09. The predicted octanol–water partition coefficient (Wildman–Crippen LogP) is 1.90. The number of hydrogen-bond acceptors (Lipinski definition) is 3. The molecule has 1 heterocycles. The van der Waals surface area contributed by atoms with Gasteiger partial charge in [0.1, 0.15) is 0 Å². The number of nitrogens with zero attached hydrogens (tertiary/aromatic N) is 2. The largest absolute Gasteiger partial charge is 0.268 e. The third kappa shape index (κ3) is 4.08. The number of thiol groups is 1. The van der Waals surface area contributed by atoms with E-state index in [2.05, 4.69) is 24.7 Å². The maximum absolute atomic E-state index is 11.5. The van der Waals surface area contributed by atoms with Crippen molar-refractivity contribution in [1.29, 1.82) is 0 Å². The van der Waals surface area contributed by atoms with Gasteiger partial charge in [0.15, 0.2) is 0 Å². The van der Waals surface area contributed by atoms with Gasteiger partial charge in [0, 0.05) is 12.6 Å². The summed E-state index contributed by atoms with van der Waals surface area (Å²) in [7, 11) is 0. The third-order valence-corrected chi connectivity index (χ3v) is 2.72. The molecule has 0 aliphatic heterocycles. The van der Waals surface area contributed by atoms with Gasteiger partial charge in [-0.2, -0.15) is 17.7 Å². The lowest BCUT2D eigenvalue weighted by atomic mass is 10.1. The summed E-state index contributed by atoms with van der Waals surface area (Å²) < 4.78 is 1.53. The van der Waals surface area contributed by atoms with Crippen LogP contribution in [0.4, 0.5) is 0 Å². The molecule has 0 fully saturated rings. The van der Waals surface area contributed by atoms with Gasteiger partial charge in [-0.3, -0.25) is 4.79 Å². The van der Waals surface area contributed by atoms with Gasteiger partial charge < -0.3 is 0 Å². The van der Waals surface area contributed by atoms with Crippen molar-refractivity contribution in [3.63, 3.8) is 0 Å². The molecular formula is C11H18N2OS. The minimum Gasteiger partial charge on any atom is -0.268 e. The molecule has 0 bridgehead atoms. The van der Waals surface area contributed by atoms with Crippen molar-refractivity contribution in [3.05, 3.63) is 28.2 Å². The van der Waals surface area contributed by atoms with Crippen molar-refractivity contribution >= 4 is 12.6 Å². The lowest BCUT2D eigenvalue weighted by molar-refractivity contribution is 0.439. The third-order valence-electron chi connectivity index (χ3n) is 2.46. The molecule has 1 aromatic heterocycles. The molecule has 0 aliphatic rings. The molecule has 0 saturated heterocycles. The first-order valence-corrected chi connectivity index (χ1v) is 5.91. The van der Waals surface area contributed by atoms with Crippen LogP contribution in [0.5, 0.6) is 0 Å². The van der Waals surface area contributed by atoms with Crippen molar-refractivity contribution in [2.75, 3.05) is 5.75 Å². The molecule has 3 nitrogen and oxygen atoms in total. The first kappa shape index (κ1) is 12.3. The molecule has 4 heteroatoms. The molecule has 0 saturated carbocycles. The van der Waals surface area contributed by atoms with Crippen LogP contribution < -0.4 is 5.56 Å². The Kier molecular flexibility index (Phi) is 4.88. The lowest BCUT2D eigenvalue weighted by Crippen LogP contribution is -2.23. The van der Waals surface area contributed by atoms with Crippen LogP contribution in [0.25, 0.3) is 0 Å². The van der Waals surface area contributed by atoms with E-state index in [4.69, 9.17) is 0 Å². The highest BCUT2D eigenvalue weighted by Gasteiger charge is 2.03. The summed E-state index contributed by atoms with van der Waals surface area (Å²) >= 11 is 4.19. The molecule has 1 aromatic rings. The van der Waals surface area contributed by atoms with Gasteiger partial charge in [-0.1, -0.05) is 6.92 Å². The Hall–Kier alpha value is -0.770. The first-order chi connectivity index (χ1) is 7.13. The Morgan fingerprint density at radius 3 is 2.87 bits per heavy atom. The van der Waals surface area contributed by atoms with Crippen molar-refractivity contribution in [3.8, 4) is 0 Å². The van der Waals surface area contributed by atoms with E-state index in [0.29, 0.717) is 12.5 Å². The van der Waals surface area contributed by atoms with E-state index < -0.39 is 0 Å². The Bertz CT molecular complexity index is 362. The first-order valence-electron chi connectivity index (χ1n) is 5.28. The van der Waals surface area contributed by atoms with Crippen LogP contribution in [-0.2, 0) is 6.54 Å². The second-order valence-electron chi connectivity index (χ2n) is 4.00. The highest BCUT2D eigenvalue weighted by atomic mass is 32.1. The standard InChI is InChI=1S/C11H18N2OS/c1-9(4-6-15)3-5-13-11(14)7-10(2)8-12-13/h7-9,15H,3-6H2,1-2H3. The Labute approximate surface area is 95.9 Å². The van der Waals surface area contributed by atoms with E-state index in [1.165, 1.54) is 4.68 Å². The van der Waals surface area contributed by atoms with Crippen molar-refractivity contribution in [2.45, 2.75) is 33.2 Å². The SMILES string of the molecule is Cc1cnn(CCC(C)CCS)c(=O)c1. The molecule has 0 aromatic carbocycles. The molecular weight excluding hydrogens is 208 g/mol. The Morgan fingerprint density at radius 1 is 1.53 bits per heavy atom. The van der Waals surface area contributed by atoms with Gasteiger partial charge in [-0.25, -0.2) is 4.68 Å². The highest BCUT2D eigenvalue weighted by Crippen LogP contribution is 2.08. The fourth-order valence-electron chi connectivity index (χ4n) is 1.40. The monoisotopic (exact) mass is 226 g/mol. The van der Waals surface area contributed by atoms with Crippen LogP contribution in [0.15, 0.2) is 17.1 Å². The van der Waals surface area contributed by atoms with E-state index in [-0.39, 0.29) is 5.56 Å². The van der Waals surface area contributed by atoms with Crippen LogP contribution >= 0.6 is 12.6 Å². The molecule has 0 amide bonds. The number of aryl methyl sites for hydroxylation is 2. The van der Waals surface area contributed by atoms with Gasteiger partial charge in [0.2, 0.25) is 0 Å². The maximum Gasteiger partial charge on any atom is 0.266 e. The second-order valence-corrected chi connectivity index (χ2v) is 4.45. The fourth-order valence-corrected chi connectivity index (χ4v) is 1.84. The maximum atomic E-state index is 11.5. The van der Waals surface area contributed by atoms with Crippen LogP contribution in [-0.4, -0.2) is 15.5 Å². The van der Waals surface area contributed by atoms with E-state index >= 15 is 0 Å². The topological polar surface area (TPSA) is 34.9 Å². The molecule has 0 N–H and O–H groups in total. The van der Waals surface area contributed by atoms with Gasteiger partial charge in [0.05, 0.1) is 6.20 Å². The summed E-state index contributed by atoms with van der Waals surface area (Å²) in [6, 6.07) is 1.62. The van der Waals surface area contributed by atoms with Gasteiger partial charge in [0.25, 0.3) is 5.56 Å². The van der Waals surface area contributed by atoms with Crippen molar-refractivity contribution < 1.29 is 0 Å². The van der Waals surface area contributed by atoms with Gasteiger partial charge in [-0.05, 0) is 37.0 Å². The summed E-state index contributed by atoms with van der Waals surface area (Å²) in [5.41, 5.74) is 0.910. The smallest absolute Gasteiger partial charge is 0.266 e. The van der Waals surface area contributed by atoms with Crippen molar-refractivity contribution in [1.82, 2.24) is 9.78 Å². The minimum absolute atomic E-state index is 0.00641. The van der Waals surface area contributed by atoms with Crippen LogP contribution in [0, 0.1) is 12.8 Å². The number of hydrogen-bond donors (Lipinski definition) is 1. The predicted molar refractivity (Wildman–Crippen MR) is 65.5 cm³/mol. The quantitative estimate of drug-likeness (QED) is 0.778. The van der Waals surface area contributed by atoms with Gasteiger partial charge >= 0.3 is 0 Å². The second kappa shape index (κ2) is 5.95. The Balaban J connectivity index is 2.54. The highest BCUT2D eigenvalue weighted by molar-refractivity contribution is 7.80. The molecule has 1 rings (SSSR count). The lowest BCUT2D eigenvalue weighted by Gasteiger charge is -2.10. The minimum atomic E-state index is -0.00641. The summed E-state index contributed by atoms with van der Waals surface area (Å²) in [6.45, 7) is 4.76. The average Bonchev–Trinajstić information content (AvgIpc) is 2.17. The zero-order chi connectivity index (χ0) is 11.3. The van der Waals surface area contributed by atoms with E-state index in [1.807, 2.05) is 6.92 Å². The van der Waals surface area contributed by atoms with E-state index in [1.54, 1.807) is 12.3 Å². The Morgan fingerprint density at radius 2 is 2.27 bits per heavy atom. The zero-order valence-electron chi connectivity index (χ0n) is 9.31. The molecule has 15 heavy (non-hydrogen) atoms.